The molecule has 36 heavy (non-hydrogen) atoms. The molecule has 0 aromatic heterocycles. The molecule has 0 spiro atoms. The number of halogens is 10. The lowest BCUT2D eigenvalue weighted by atomic mass is 9.99. The van der Waals surface area contributed by atoms with Crippen molar-refractivity contribution in [2.24, 2.45) is 0 Å². The van der Waals surface area contributed by atoms with Crippen molar-refractivity contribution >= 4 is 17.4 Å². The fraction of sp³-hybridized carbons (Fsp3) is 0.217. The molecule has 0 bridgehead atoms. The predicted octanol–water partition coefficient (Wildman–Crippen LogP) is 8.99. The van der Waals surface area contributed by atoms with E-state index in [1.807, 2.05) is 0 Å². The summed E-state index contributed by atoms with van der Waals surface area (Å²) >= 11 is -0.297. The summed E-state index contributed by atoms with van der Waals surface area (Å²) in [5, 5.41) is 2.80. The normalized spacial score (nSPS) is 12.9. The molecule has 0 aliphatic rings. The van der Waals surface area contributed by atoms with E-state index in [4.69, 9.17) is 4.74 Å². The monoisotopic (exact) mass is 543 g/mol. The predicted molar refractivity (Wildman–Crippen MR) is 114 cm³/mol. The Balaban J connectivity index is 1.65. The molecule has 3 rings (SSSR count). The van der Waals surface area contributed by atoms with Crippen LogP contribution >= 0.6 is 11.8 Å². The lowest BCUT2D eigenvalue weighted by molar-refractivity contribution is -0.359. The molecule has 0 radical (unpaired) electrons. The van der Waals surface area contributed by atoms with E-state index in [-0.39, 0.29) is 40.3 Å². The summed E-state index contributed by atoms with van der Waals surface area (Å²) in [6, 6.07) is 14.5. The molecule has 194 valence electrons. The van der Waals surface area contributed by atoms with E-state index in [1.165, 1.54) is 54.6 Å². The first-order valence-electron chi connectivity index (χ1n) is 9.88. The molecule has 0 heterocycles. The molecule has 0 unspecified atom stereocenters. The van der Waals surface area contributed by atoms with Gasteiger partial charge in [-0.25, -0.2) is 0 Å². The van der Waals surface area contributed by atoms with E-state index in [2.05, 4.69) is 5.32 Å². The summed E-state index contributed by atoms with van der Waals surface area (Å²) < 4.78 is 135. The molecule has 0 saturated heterocycles. The molecule has 3 aromatic rings. The Labute approximate surface area is 202 Å². The largest absolute Gasteiger partial charge is 0.460 e. The highest BCUT2D eigenvalue weighted by Crippen LogP contribution is 2.51. The molecule has 0 aliphatic carbocycles. The van der Waals surface area contributed by atoms with Crippen LogP contribution in [0, 0.1) is 0 Å². The van der Waals surface area contributed by atoms with E-state index in [1.54, 1.807) is 0 Å². The number of alkyl halides is 10. The Bertz CT molecular complexity index is 1180. The minimum absolute atomic E-state index is 0.0180. The molecule has 0 aliphatic heterocycles. The highest BCUT2D eigenvalue weighted by Gasteiger charge is 2.73. The van der Waals surface area contributed by atoms with Gasteiger partial charge in [-0.1, -0.05) is 24.3 Å². The Kier molecular flexibility index (Phi) is 7.72. The highest BCUT2D eigenvalue weighted by atomic mass is 32.2. The molecule has 0 fully saturated rings. The maximum Gasteiger partial charge on any atom is 0.460 e. The minimum atomic E-state index is -6.44. The van der Waals surface area contributed by atoms with Crippen molar-refractivity contribution in [1.29, 1.82) is 0 Å². The third-order valence-electron chi connectivity index (χ3n) is 4.67. The SMILES string of the molecule is FC(F)(F)Sc1cccc(Oc2ccc(NCc3cccc(C(F)(F)C(F)(F)C(F)(F)F)c3)cc2)c1. The molecule has 13 heteroatoms. The van der Waals surface area contributed by atoms with Gasteiger partial charge in [0.2, 0.25) is 0 Å². The quantitative estimate of drug-likeness (QED) is 0.226. The Morgan fingerprint density at radius 1 is 0.694 bits per heavy atom. The maximum absolute atomic E-state index is 13.9. The zero-order valence-corrected chi connectivity index (χ0v) is 18.5. The lowest BCUT2D eigenvalue weighted by Gasteiger charge is -2.28. The van der Waals surface area contributed by atoms with Crippen molar-refractivity contribution in [1.82, 2.24) is 0 Å². The van der Waals surface area contributed by atoms with E-state index < -0.39 is 29.1 Å². The van der Waals surface area contributed by atoms with Gasteiger partial charge >= 0.3 is 23.5 Å². The van der Waals surface area contributed by atoms with Crippen LogP contribution in [0.5, 0.6) is 11.5 Å². The highest BCUT2D eigenvalue weighted by molar-refractivity contribution is 8.00. The summed E-state index contributed by atoms with van der Waals surface area (Å²) in [6.45, 7) is -0.182. The number of benzene rings is 3. The summed E-state index contributed by atoms with van der Waals surface area (Å²) in [7, 11) is 0. The lowest BCUT2D eigenvalue weighted by Crippen LogP contribution is -2.50. The molecule has 3 aromatic carbocycles. The standard InChI is InChI=1S/C23H15F10NOS/c24-20(25,21(26,27)22(28,29)30)15-4-1-3-14(11-15)13-34-16-7-9-17(10-8-16)35-18-5-2-6-19(12-18)36-23(31,32)33/h1-12,34H,13H2. The van der Waals surface area contributed by atoms with Crippen LogP contribution in [0.2, 0.25) is 0 Å². The summed E-state index contributed by atoms with van der Waals surface area (Å²) in [5.41, 5.74) is -5.51. The van der Waals surface area contributed by atoms with Crippen LogP contribution in [0.1, 0.15) is 11.1 Å². The maximum atomic E-state index is 13.9. The second kappa shape index (κ2) is 10.1. The number of ether oxygens (including phenoxy) is 1. The molecule has 0 atom stereocenters. The second-order valence-corrected chi connectivity index (χ2v) is 8.49. The van der Waals surface area contributed by atoms with E-state index in [9.17, 15) is 43.9 Å². The topological polar surface area (TPSA) is 21.3 Å². The zero-order valence-electron chi connectivity index (χ0n) is 17.7. The van der Waals surface area contributed by atoms with Crippen molar-refractivity contribution < 1.29 is 48.6 Å². The Morgan fingerprint density at radius 2 is 1.33 bits per heavy atom. The van der Waals surface area contributed by atoms with Crippen LogP contribution in [0.15, 0.2) is 77.7 Å². The van der Waals surface area contributed by atoms with Crippen LogP contribution < -0.4 is 10.1 Å². The van der Waals surface area contributed by atoms with Gasteiger partial charge in [-0.3, -0.25) is 0 Å². The molecule has 0 amide bonds. The zero-order chi connectivity index (χ0) is 26.8. The molecule has 2 nitrogen and oxygen atoms in total. The van der Waals surface area contributed by atoms with Gasteiger partial charge in [0.05, 0.1) is 0 Å². The van der Waals surface area contributed by atoms with E-state index in [0.717, 1.165) is 6.07 Å². The molecule has 1 N–H and O–H groups in total. The van der Waals surface area contributed by atoms with Crippen LogP contribution in [-0.2, 0) is 12.5 Å². The van der Waals surface area contributed by atoms with Crippen molar-refractivity contribution in [3.63, 3.8) is 0 Å². The Hall–Kier alpha value is -3.09. The summed E-state index contributed by atoms with van der Waals surface area (Å²) in [6.07, 6.45) is -6.44. The van der Waals surface area contributed by atoms with E-state index >= 15 is 0 Å². The van der Waals surface area contributed by atoms with E-state index in [0.29, 0.717) is 17.8 Å². The fourth-order valence-electron chi connectivity index (χ4n) is 2.95. The average molecular weight is 543 g/mol. The smallest absolute Gasteiger partial charge is 0.457 e. The Morgan fingerprint density at radius 3 is 1.94 bits per heavy atom. The number of nitrogens with one attached hydrogen (secondary N) is 1. The fourth-order valence-corrected chi connectivity index (χ4v) is 3.54. The first-order chi connectivity index (χ1) is 16.6. The van der Waals surface area contributed by atoms with Gasteiger partial charge in [-0.2, -0.15) is 43.9 Å². The number of hydrogen-bond donors (Lipinski definition) is 1. The first kappa shape index (κ1) is 27.5. The number of anilines is 1. The van der Waals surface area contributed by atoms with Crippen molar-refractivity contribution in [3.8, 4) is 11.5 Å². The number of rotatable bonds is 8. The minimum Gasteiger partial charge on any atom is -0.457 e. The van der Waals surface area contributed by atoms with Gasteiger partial charge in [0.25, 0.3) is 0 Å². The van der Waals surface area contributed by atoms with Gasteiger partial charge in [0.15, 0.2) is 0 Å². The number of thioether (sulfide) groups is 1. The summed E-state index contributed by atoms with van der Waals surface area (Å²) in [5.74, 6) is -11.3. The average Bonchev–Trinajstić information content (AvgIpc) is 2.77. The van der Waals surface area contributed by atoms with Crippen molar-refractivity contribution in [3.05, 3.63) is 83.9 Å². The third kappa shape index (κ3) is 6.56. The first-order valence-corrected chi connectivity index (χ1v) is 10.7. The van der Waals surface area contributed by atoms with Crippen LogP contribution in [0.3, 0.4) is 0 Å². The van der Waals surface area contributed by atoms with Crippen molar-refractivity contribution in [2.45, 2.75) is 35.0 Å². The van der Waals surface area contributed by atoms with Crippen molar-refractivity contribution in [2.75, 3.05) is 5.32 Å². The number of hydrogen-bond acceptors (Lipinski definition) is 3. The van der Waals surface area contributed by atoms with Crippen LogP contribution in [-0.4, -0.2) is 17.6 Å². The van der Waals surface area contributed by atoms with Gasteiger partial charge in [-0.05, 0) is 65.9 Å². The van der Waals surface area contributed by atoms with Crippen LogP contribution in [0.25, 0.3) is 0 Å². The van der Waals surface area contributed by atoms with Crippen LogP contribution in [0.4, 0.5) is 49.6 Å². The van der Waals surface area contributed by atoms with Gasteiger partial charge in [0, 0.05) is 22.7 Å². The summed E-state index contributed by atoms with van der Waals surface area (Å²) in [4.78, 5) is -0.0703. The van der Waals surface area contributed by atoms with Gasteiger partial charge < -0.3 is 10.1 Å². The van der Waals surface area contributed by atoms with Gasteiger partial charge in [-0.15, -0.1) is 0 Å². The molecule has 0 saturated carbocycles. The van der Waals surface area contributed by atoms with Gasteiger partial charge in [0.1, 0.15) is 11.5 Å². The molecular weight excluding hydrogens is 528 g/mol. The third-order valence-corrected chi connectivity index (χ3v) is 5.39. The molecular formula is C23H15F10NOS. The second-order valence-electron chi connectivity index (χ2n) is 7.35.